The van der Waals surface area contributed by atoms with Crippen molar-refractivity contribution in [2.45, 2.75) is 20.0 Å². The summed E-state index contributed by atoms with van der Waals surface area (Å²) in [6.45, 7) is 6.70. The average molecular weight is 549 g/mol. The first-order valence-electron chi connectivity index (χ1n) is 12.1. The van der Waals surface area contributed by atoms with Gasteiger partial charge in [0.15, 0.2) is 16.7 Å². The monoisotopic (exact) mass is 548 g/mol. The maximum Gasteiger partial charge on any atom is 0.266 e. The zero-order valence-corrected chi connectivity index (χ0v) is 23.1. The lowest BCUT2D eigenvalue weighted by Gasteiger charge is -2.16. The minimum Gasteiger partial charge on any atom is -0.497 e. The first-order chi connectivity index (χ1) is 18.4. The second kappa shape index (κ2) is 12.7. The number of aliphatic imine (C=N–C) groups is 1. The molecule has 8 heteroatoms. The maximum atomic E-state index is 13.2. The van der Waals surface area contributed by atoms with Gasteiger partial charge in [-0.1, -0.05) is 29.8 Å². The number of likely N-dealkylation sites (N-methyl/N-ethyl adjacent to an activating group) is 1. The largest absolute Gasteiger partial charge is 0.497 e. The van der Waals surface area contributed by atoms with Crippen molar-refractivity contribution in [2.75, 3.05) is 20.8 Å². The van der Waals surface area contributed by atoms with Crippen molar-refractivity contribution in [3.05, 3.63) is 99.9 Å². The van der Waals surface area contributed by atoms with E-state index in [1.807, 2.05) is 79.7 Å². The summed E-state index contributed by atoms with van der Waals surface area (Å²) in [4.78, 5) is 20.2. The van der Waals surface area contributed by atoms with Crippen LogP contribution in [0.2, 0.25) is 5.02 Å². The van der Waals surface area contributed by atoms with E-state index >= 15 is 0 Å². The van der Waals surface area contributed by atoms with Crippen LogP contribution in [-0.2, 0) is 17.8 Å². The summed E-state index contributed by atoms with van der Waals surface area (Å²) in [7, 11) is 3.23. The number of hydrogen-bond donors (Lipinski definition) is 0. The molecular formula is C30H29ClN2O4S. The number of amides is 1. The molecule has 1 fully saturated rings. The van der Waals surface area contributed by atoms with Crippen LogP contribution in [0.5, 0.6) is 17.2 Å². The van der Waals surface area contributed by atoms with Gasteiger partial charge >= 0.3 is 0 Å². The molecule has 4 rings (SSSR count). The number of amidine groups is 1. The molecule has 38 heavy (non-hydrogen) atoms. The number of allylic oxidation sites excluding steroid dienone is 1. The smallest absolute Gasteiger partial charge is 0.266 e. The zero-order chi connectivity index (χ0) is 27.1. The van der Waals surface area contributed by atoms with E-state index in [1.165, 1.54) is 11.8 Å². The highest BCUT2D eigenvalue weighted by Crippen LogP contribution is 2.38. The number of ether oxygens (including phenoxy) is 3. The molecule has 0 N–H and O–H groups in total. The molecule has 0 saturated carbocycles. The number of halogens is 1. The van der Waals surface area contributed by atoms with Gasteiger partial charge in [-0.05, 0) is 90.8 Å². The Morgan fingerprint density at radius 1 is 1.05 bits per heavy atom. The fraction of sp³-hybridized carbons (Fsp3) is 0.200. The standard InChI is InChI=1S/C30H29ClN2O4S/c1-5-7-22-16-21(17-26(36-4)28(22)37-19-20-8-10-23(31)11-9-20)18-27-29(34)33(6-2)30(38-27)32-24-12-14-25(35-3)15-13-24/h5,8-18H,1,6-7,19H2,2-4H3/b27-18+,32-30?. The van der Waals surface area contributed by atoms with Gasteiger partial charge in [0.25, 0.3) is 5.91 Å². The maximum absolute atomic E-state index is 13.2. The Morgan fingerprint density at radius 3 is 2.42 bits per heavy atom. The molecule has 1 aliphatic heterocycles. The van der Waals surface area contributed by atoms with Gasteiger partial charge in [0, 0.05) is 17.1 Å². The van der Waals surface area contributed by atoms with Crippen LogP contribution >= 0.6 is 23.4 Å². The first-order valence-corrected chi connectivity index (χ1v) is 13.3. The highest BCUT2D eigenvalue weighted by molar-refractivity contribution is 8.18. The molecular weight excluding hydrogens is 520 g/mol. The summed E-state index contributed by atoms with van der Waals surface area (Å²) in [5.41, 5.74) is 3.48. The lowest BCUT2D eigenvalue weighted by Crippen LogP contribution is -2.28. The fourth-order valence-electron chi connectivity index (χ4n) is 3.91. The van der Waals surface area contributed by atoms with E-state index in [2.05, 4.69) is 6.58 Å². The lowest BCUT2D eigenvalue weighted by atomic mass is 10.0. The van der Waals surface area contributed by atoms with Crippen LogP contribution in [0.1, 0.15) is 23.6 Å². The number of hydrogen-bond acceptors (Lipinski definition) is 6. The molecule has 0 unspecified atom stereocenters. The molecule has 1 heterocycles. The van der Waals surface area contributed by atoms with E-state index in [0.29, 0.717) is 46.2 Å². The van der Waals surface area contributed by atoms with Crippen molar-refractivity contribution in [3.8, 4) is 17.2 Å². The van der Waals surface area contributed by atoms with Crippen molar-refractivity contribution in [3.63, 3.8) is 0 Å². The quantitative estimate of drug-likeness (QED) is 0.197. The predicted octanol–water partition coefficient (Wildman–Crippen LogP) is 7.29. The van der Waals surface area contributed by atoms with E-state index in [9.17, 15) is 4.79 Å². The third-order valence-electron chi connectivity index (χ3n) is 5.83. The number of carbonyl (C=O) groups is 1. The molecule has 0 aliphatic carbocycles. The number of thioether (sulfide) groups is 1. The van der Waals surface area contributed by atoms with Gasteiger partial charge < -0.3 is 14.2 Å². The van der Waals surface area contributed by atoms with Crippen LogP contribution in [0, 0.1) is 0 Å². The highest BCUT2D eigenvalue weighted by atomic mass is 35.5. The van der Waals surface area contributed by atoms with Gasteiger partial charge in [-0.2, -0.15) is 0 Å². The molecule has 1 saturated heterocycles. The molecule has 0 bridgehead atoms. The van der Waals surface area contributed by atoms with Gasteiger partial charge in [-0.25, -0.2) is 4.99 Å². The Labute approximate surface area is 232 Å². The third-order valence-corrected chi connectivity index (χ3v) is 7.09. The van der Waals surface area contributed by atoms with Crippen LogP contribution in [-0.4, -0.2) is 36.7 Å². The van der Waals surface area contributed by atoms with E-state index in [1.54, 1.807) is 19.1 Å². The van der Waals surface area contributed by atoms with Crippen LogP contribution in [0.4, 0.5) is 5.69 Å². The van der Waals surface area contributed by atoms with Crippen LogP contribution in [0.25, 0.3) is 6.08 Å². The topological polar surface area (TPSA) is 60.4 Å². The molecule has 0 spiro atoms. The normalized spacial score (nSPS) is 15.3. The fourth-order valence-corrected chi connectivity index (χ4v) is 5.10. The Bertz CT molecular complexity index is 1370. The minimum atomic E-state index is -0.0861. The molecule has 0 atom stereocenters. The average Bonchev–Trinajstić information content (AvgIpc) is 3.22. The molecule has 1 aliphatic rings. The van der Waals surface area contributed by atoms with Crippen LogP contribution in [0.3, 0.4) is 0 Å². The summed E-state index contributed by atoms with van der Waals surface area (Å²) in [5, 5.41) is 1.31. The molecule has 196 valence electrons. The van der Waals surface area contributed by atoms with Crippen molar-refractivity contribution in [1.29, 1.82) is 0 Å². The SMILES string of the molecule is C=CCc1cc(/C=C2/SC(=Nc3ccc(OC)cc3)N(CC)C2=O)cc(OC)c1OCc1ccc(Cl)cc1. The lowest BCUT2D eigenvalue weighted by molar-refractivity contribution is -0.122. The summed E-state index contributed by atoms with van der Waals surface area (Å²) < 4.78 is 17.1. The Hall–Kier alpha value is -3.68. The number of nitrogens with zero attached hydrogens (tertiary/aromatic N) is 2. The molecule has 3 aromatic carbocycles. The Kier molecular flexibility index (Phi) is 9.15. The van der Waals surface area contributed by atoms with Gasteiger partial charge in [0.1, 0.15) is 12.4 Å². The number of carbonyl (C=O) groups excluding carboxylic acids is 1. The molecule has 0 radical (unpaired) electrons. The summed E-state index contributed by atoms with van der Waals surface area (Å²) in [6.07, 6.45) is 4.26. The first kappa shape index (κ1) is 27.4. The molecule has 0 aromatic heterocycles. The van der Waals surface area contributed by atoms with Crippen molar-refractivity contribution in [1.82, 2.24) is 4.90 Å². The van der Waals surface area contributed by atoms with Crippen LogP contribution in [0.15, 0.2) is 83.2 Å². The van der Waals surface area contributed by atoms with Crippen molar-refractivity contribution < 1.29 is 19.0 Å². The van der Waals surface area contributed by atoms with Crippen molar-refractivity contribution >= 4 is 46.2 Å². The highest BCUT2D eigenvalue weighted by Gasteiger charge is 2.32. The van der Waals surface area contributed by atoms with Crippen LogP contribution < -0.4 is 14.2 Å². The minimum absolute atomic E-state index is 0.0861. The summed E-state index contributed by atoms with van der Waals surface area (Å²) in [5.74, 6) is 1.89. The van der Waals surface area contributed by atoms with Crippen molar-refractivity contribution in [2.24, 2.45) is 4.99 Å². The molecule has 6 nitrogen and oxygen atoms in total. The predicted molar refractivity (Wildman–Crippen MR) is 156 cm³/mol. The van der Waals surface area contributed by atoms with Gasteiger partial charge in [0.05, 0.1) is 24.8 Å². The van der Waals surface area contributed by atoms with E-state index in [-0.39, 0.29) is 5.91 Å². The van der Waals surface area contributed by atoms with Gasteiger partial charge in [-0.3, -0.25) is 9.69 Å². The molecule has 3 aromatic rings. The third kappa shape index (κ3) is 6.41. The number of methoxy groups -OCH3 is 2. The number of rotatable bonds is 10. The zero-order valence-electron chi connectivity index (χ0n) is 21.6. The van der Waals surface area contributed by atoms with E-state index in [0.717, 1.165) is 28.1 Å². The van der Waals surface area contributed by atoms with E-state index < -0.39 is 0 Å². The second-order valence-electron chi connectivity index (χ2n) is 8.37. The van der Waals surface area contributed by atoms with Gasteiger partial charge in [0.2, 0.25) is 0 Å². The second-order valence-corrected chi connectivity index (χ2v) is 9.82. The summed E-state index contributed by atoms with van der Waals surface area (Å²) >= 11 is 7.35. The Balaban J connectivity index is 1.63. The van der Waals surface area contributed by atoms with E-state index in [4.69, 9.17) is 30.8 Å². The summed E-state index contributed by atoms with van der Waals surface area (Å²) in [6, 6.07) is 18.8. The Morgan fingerprint density at radius 2 is 1.79 bits per heavy atom. The number of benzene rings is 3. The van der Waals surface area contributed by atoms with Gasteiger partial charge in [-0.15, -0.1) is 6.58 Å². The molecule has 1 amide bonds.